The van der Waals surface area contributed by atoms with E-state index in [4.69, 9.17) is 4.74 Å². The van der Waals surface area contributed by atoms with E-state index in [1.54, 1.807) is 17.5 Å². The summed E-state index contributed by atoms with van der Waals surface area (Å²) in [5.41, 5.74) is 0.444. The van der Waals surface area contributed by atoms with E-state index in [2.05, 4.69) is 9.88 Å². The lowest BCUT2D eigenvalue weighted by Gasteiger charge is -2.54. The van der Waals surface area contributed by atoms with Crippen molar-refractivity contribution in [2.75, 3.05) is 19.6 Å². The van der Waals surface area contributed by atoms with Gasteiger partial charge >= 0.3 is 5.97 Å². The number of nitrogens with zero attached hydrogens (tertiary/aromatic N) is 2. The molecular weight excluding hydrogens is 296 g/mol. The summed E-state index contributed by atoms with van der Waals surface area (Å²) >= 11 is 1.64. The Morgan fingerprint density at radius 2 is 2.09 bits per heavy atom. The lowest BCUT2D eigenvalue weighted by atomic mass is 9.66. The Bertz CT molecular complexity index is 713. The van der Waals surface area contributed by atoms with Crippen LogP contribution in [0, 0.1) is 17.8 Å². The second kappa shape index (κ2) is 4.77. The van der Waals surface area contributed by atoms with E-state index in [0.717, 1.165) is 29.1 Å². The zero-order valence-corrected chi connectivity index (χ0v) is 13.1. The average molecular weight is 314 g/mol. The van der Waals surface area contributed by atoms with Crippen molar-refractivity contribution in [1.29, 1.82) is 0 Å². The monoisotopic (exact) mass is 314 g/mol. The Balaban J connectivity index is 1.38. The summed E-state index contributed by atoms with van der Waals surface area (Å²) in [4.78, 5) is 19.3. The second-order valence-electron chi connectivity index (χ2n) is 6.97. The van der Waals surface area contributed by atoms with Crippen LogP contribution in [0.1, 0.15) is 23.3 Å². The topological polar surface area (TPSA) is 42.4 Å². The van der Waals surface area contributed by atoms with Gasteiger partial charge in [-0.1, -0.05) is 0 Å². The maximum Gasteiger partial charge on any atom is 0.357 e. The van der Waals surface area contributed by atoms with Gasteiger partial charge in [0.2, 0.25) is 0 Å². The van der Waals surface area contributed by atoms with Gasteiger partial charge in [0.1, 0.15) is 11.8 Å². The molecule has 1 saturated carbocycles. The fourth-order valence-electron chi connectivity index (χ4n) is 4.72. The number of carbonyl (C=O) groups is 1. The number of hydrogen-bond donors (Lipinski definition) is 0. The van der Waals surface area contributed by atoms with Gasteiger partial charge in [-0.15, -0.1) is 11.3 Å². The summed E-state index contributed by atoms with van der Waals surface area (Å²) in [7, 11) is 0. The van der Waals surface area contributed by atoms with E-state index in [1.807, 2.05) is 17.5 Å². The van der Waals surface area contributed by atoms with Gasteiger partial charge in [0, 0.05) is 37.7 Å². The number of pyridine rings is 1. The largest absolute Gasteiger partial charge is 0.457 e. The third-order valence-corrected chi connectivity index (χ3v) is 6.36. The van der Waals surface area contributed by atoms with Crippen molar-refractivity contribution in [2.45, 2.75) is 18.9 Å². The maximum absolute atomic E-state index is 12.5. The van der Waals surface area contributed by atoms with Crippen LogP contribution in [0.3, 0.4) is 0 Å². The molecule has 0 aromatic carbocycles. The van der Waals surface area contributed by atoms with Crippen molar-refractivity contribution >= 4 is 27.4 Å². The number of thiophene rings is 1. The molecule has 2 unspecified atom stereocenters. The van der Waals surface area contributed by atoms with Gasteiger partial charge in [0.05, 0.1) is 4.70 Å². The lowest BCUT2D eigenvalue weighted by molar-refractivity contribution is -0.116. The number of rotatable bonds is 2. The first-order valence-corrected chi connectivity index (χ1v) is 8.91. The molecule has 2 aromatic heterocycles. The number of hydrogen-bond acceptors (Lipinski definition) is 5. The quantitative estimate of drug-likeness (QED) is 0.800. The van der Waals surface area contributed by atoms with Gasteiger partial charge in [-0.05, 0) is 41.7 Å². The van der Waals surface area contributed by atoms with Gasteiger partial charge in [0.25, 0.3) is 0 Å². The number of piperidine rings is 3. The molecule has 22 heavy (non-hydrogen) atoms. The van der Waals surface area contributed by atoms with Gasteiger partial charge in [-0.3, -0.25) is 0 Å². The number of fused-ring (bicyclic) bond motifs is 1. The van der Waals surface area contributed by atoms with E-state index in [1.165, 1.54) is 19.4 Å². The summed E-state index contributed by atoms with van der Waals surface area (Å²) in [6.07, 6.45) is 4.32. The smallest absolute Gasteiger partial charge is 0.357 e. The summed E-state index contributed by atoms with van der Waals surface area (Å²) < 4.78 is 7.02. The maximum atomic E-state index is 12.5. The van der Waals surface area contributed by atoms with Crippen molar-refractivity contribution in [3.63, 3.8) is 0 Å². The van der Waals surface area contributed by atoms with Crippen LogP contribution in [0.4, 0.5) is 0 Å². The molecule has 0 radical (unpaired) electrons. The van der Waals surface area contributed by atoms with Crippen molar-refractivity contribution in [2.24, 2.45) is 17.8 Å². The van der Waals surface area contributed by atoms with Gasteiger partial charge < -0.3 is 9.64 Å². The van der Waals surface area contributed by atoms with E-state index < -0.39 is 0 Å². The zero-order valence-electron chi connectivity index (χ0n) is 12.3. The minimum Gasteiger partial charge on any atom is -0.457 e. The highest BCUT2D eigenvalue weighted by atomic mass is 32.1. The standard InChI is InChI=1S/C17H18N2O2S/c20-17(14-5-11-1-2-22-15(11)6-18-14)21-16-12-3-10-4-13(16)9-19(7-10)8-12/h1-2,5-6,10,12-13,16H,3-4,7-9H2. The highest BCUT2D eigenvalue weighted by Gasteiger charge is 2.49. The Morgan fingerprint density at radius 1 is 1.27 bits per heavy atom. The molecule has 0 N–H and O–H groups in total. The van der Waals surface area contributed by atoms with Crippen molar-refractivity contribution < 1.29 is 9.53 Å². The molecule has 0 spiro atoms. The number of aromatic nitrogens is 1. The van der Waals surface area contributed by atoms with Gasteiger partial charge in [-0.25, -0.2) is 9.78 Å². The summed E-state index contributed by atoms with van der Waals surface area (Å²) in [5.74, 6) is 1.63. The van der Waals surface area contributed by atoms with Crippen LogP contribution < -0.4 is 0 Å². The highest BCUT2D eigenvalue weighted by Crippen LogP contribution is 2.44. The minimum absolute atomic E-state index is 0.0975. The fourth-order valence-corrected chi connectivity index (χ4v) is 5.46. The lowest BCUT2D eigenvalue weighted by Crippen LogP contribution is -2.61. The van der Waals surface area contributed by atoms with Crippen LogP contribution in [0.15, 0.2) is 23.7 Å². The third kappa shape index (κ3) is 1.99. The van der Waals surface area contributed by atoms with Crippen molar-refractivity contribution in [3.05, 3.63) is 29.4 Å². The predicted molar refractivity (Wildman–Crippen MR) is 85.0 cm³/mol. The molecule has 114 valence electrons. The second-order valence-corrected chi connectivity index (χ2v) is 7.92. The normalized spacial score (nSPS) is 35.9. The van der Waals surface area contributed by atoms with E-state index in [9.17, 15) is 4.79 Å². The Morgan fingerprint density at radius 3 is 2.86 bits per heavy atom. The number of carbonyl (C=O) groups excluding carboxylic acids is 1. The molecule has 4 aliphatic rings. The van der Waals surface area contributed by atoms with Crippen LogP contribution in [-0.2, 0) is 4.74 Å². The number of esters is 1. The SMILES string of the molecule is O=C(OC1C2CC3CC1CN(C3)C2)c1cc2ccsc2cn1. The molecule has 3 aliphatic heterocycles. The van der Waals surface area contributed by atoms with Crippen LogP contribution in [0.5, 0.6) is 0 Å². The minimum atomic E-state index is -0.249. The van der Waals surface area contributed by atoms with Crippen LogP contribution in [0.2, 0.25) is 0 Å². The molecule has 4 fully saturated rings. The molecule has 6 rings (SSSR count). The first-order chi connectivity index (χ1) is 10.8. The number of ether oxygens (including phenoxy) is 1. The first-order valence-electron chi connectivity index (χ1n) is 8.03. The van der Waals surface area contributed by atoms with Gasteiger partial charge in [0.15, 0.2) is 0 Å². The third-order valence-electron chi connectivity index (χ3n) is 5.50. The molecule has 5 heterocycles. The first kappa shape index (κ1) is 13.0. The molecule has 3 saturated heterocycles. The summed E-state index contributed by atoms with van der Waals surface area (Å²) in [6.45, 7) is 3.45. The Hall–Kier alpha value is -1.46. The molecule has 4 bridgehead atoms. The molecular formula is C17H18N2O2S. The molecule has 2 aromatic rings. The molecule has 4 nitrogen and oxygen atoms in total. The highest BCUT2D eigenvalue weighted by molar-refractivity contribution is 7.17. The van der Waals surface area contributed by atoms with E-state index in [-0.39, 0.29) is 12.1 Å². The predicted octanol–water partition coefficient (Wildman–Crippen LogP) is 2.79. The molecule has 5 heteroatoms. The van der Waals surface area contributed by atoms with E-state index >= 15 is 0 Å². The van der Waals surface area contributed by atoms with Crippen LogP contribution in [-0.4, -0.2) is 41.6 Å². The molecule has 2 atom stereocenters. The summed E-state index contributed by atoms with van der Waals surface area (Å²) in [6, 6.07) is 3.88. The molecule has 1 aliphatic carbocycles. The molecule has 0 amide bonds. The van der Waals surface area contributed by atoms with Crippen molar-refractivity contribution in [1.82, 2.24) is 9.88 Å². The summed E-state index contributed by atoms with van der Waals surface area (Å²) in [5, 5.41) is 3.09. The Labute approximate surface area is 133 Å². The van der Waals surface area contributed by atoms with Gasteiger partial charge in [-0.2, -0.15) is 0 Å². The average Bonchev–Trinajstić information content (AvgIpc) is 2.97. The van der Waals surface area contributed by atoms with Crippen LogP contribution in [0.25, 0.3) is 10.1 Å². The zero-order chi connectivity index (χ0) is 14.7. The Kier molecular flexibility index (Phi) is 2.82. The van der Waals surface area contributed by atoms with Crippen molar-refractivity contribution in [3.8, 4) is 0 Å². The van der Waals surface area contributed by atoms with Crippen LogP contribution >= 0.6 is 11.3 Å². The van der Waals surface area contributed by atoms with E-state index in [0.29, 0.717) is 17.5 Å². The fraction of sp³-hybridized carbons (Fsp3) is 0.529.